The number of benzene rings is 2. The first-order valence-corrected chi connectivity index (χ1v) is 8.25. The zero-order valence-corrected chi connectivity index (χ0v) is 14.0. The van der Waals surface area contributed by atoms with Gasteiger partial charge in [-0.3, -0.25) is 4.79 Å². The summed E-state index contributed by atoms with van der Waals surface area (Å²) in [5.74, 6) is -0.0626. The number of hydrogen-bond donors (Lipinski definition) is 1. The van der Waals surface area contributed by atoms with Crippen molar-refractivity contribution in [1.82, 2.24) is 4.98 Å². The first-order chi connectivity index (χ1) is 11.1. The van der Waals surface area contributed by atoms with Crippen LogP contribution in [0, 0.1) is 0 Å². The van der Waals surface area contributed by atoms with E-state index in [1.807, 2.05) is 30.5 Å². The van der Waals surface area contributed by atoms with E-state index in [1.54, 1.807) is 23.1 Å². The predicted molar refractivity (Wildman–Crippen MR) is 94.6 cm³/mol. The summed E-state index contributed by atoms with van der Waals surface area (Å²) in [6.45, 7) is 0. The van der Waals surface area contributed by atoms with Gasteiger partial charge in [-0.05, 0) is 18.2 Å². The topological polar surface area (TPSA) is 36.1 Å². The zero-order valence-electron chi connectivity index (χ0n) is 11.8. The van der Waals surface area contributed by atoms with Crippen LogP contribution in [0.5, 0.6) is 0 Å². The number of nitrogens with zero attached hydrogens (tertiary/aromatic N) is 1. The molecule has 0 radical (unpaired) electrons. The molecule has 6 heteroatoms. The third-order valence-corrected chi connectivity index (χ3v) is 5.17. The second-order valence-electron chi connectivity index (χ2n) is 5.41. The van der Waals surface area contributed by atoms with Gasteiger partial charge in [0.2, 0.25) is 0 Å². The third-order valence-electron chi connectivity index (χ3n) is 4.14. The number of anilines is 1. The van der Waals surface area contributed by atoms with Crippen molar-refractivity contribution in [2.75, 3.05) is 4.90 Å². The van der Waals surface area contributed by atoms with Crippen molar-refractivity contribution in [3.05, 3.63) is 64.3 Å². The molecule has 0 aliphatic carbocycles. The molecule has 1 N–H and O–H groups in total. The van der Waals surface area contributed by atoms with Gasteiger partial charge in [-0.25, -0.2) is 0 Å². The number of halogens is 3. The fourth-order valence-electron chi connectivity index (χ4n) is 3.05. The molecule has 0 bridgehead atoms. The van der Waals surface area contributed by atoms with Gasteiger partial charge in [-0.2, -0.15) is 0 Å². The molecule has 2 heterocycles. The standard InChI is InChI=1S/C17H11Cl3N2O/c18-11-5-3-6-12(19)15(11)22-14(16(23)17(22)20)10-8-21-13-7-2-1-4-9(10)13/h1-8,14,17,21H/t14-,17+/m1/s1. The maximum atomic E-state index is 12.4. The van der Waals surface area contributed by atoms with Crippen LogP contribution >= 0.6 is 34.8 Å². The van der Waals surface area contributed by atoms with Gasteiger partial charge in [0.05, 0.1) is 15.7 Å². The summed E-state index contributed by atoms with van der Waals surface area (Å²) in [7, 11) is 0. The van der Waals surface area contributed by atoms with Gasteiger partial charge in [-0.1, -0.05) is 59.1 Å². The van der Waals surface area contributed by atoms with Crippen LogP contribution in [0.3, 0.4) is 0 Å². The average Bonchev–Trinajstić information content (AvgIpc) is 2.97. The lowest BCUT2D eigenvalue weighted by Gasteiger charge is -2.45. The number of nitrogens with one attached hydrogen (secondary N) is 1. The fourth-order valence-corrected chi connectivity index (χ4v) is 3.98. The predicted octanol–water partition coefficient (Wildman–Crippen LogP) is 5.17. The molecule has 2 atom stereocenters. The fraction of sp³-hybridized carbons (Fsp3) is 0.118. The first kappa shape index (κ1) is 14.9. The first-order valence-electron chi connectivity index (χ1n) is 7.06. The lowest BCUT2D eigenvalue weighted by atomic mass is 9.91. The summed E-state index contributed by atoms with van der Waals surface area (Å²) in [6, 6.07) is 12.6. The van der Waals surface area contributed by atoms with E-state index in [9.17, 15) is 4.79 Å². The van der Waals surface area contributed by atoms with Gasteiger partial charge < -0.3 is 9.88 Å². The van der Waals surface area contributed by atoms with Crippen LogP contribution in [-0.2, 0) is 4.79 Å². The van der Waals surface area contributed by atoms with Crippen LogP contribution in [0.15, 0.2) is 48.7 Å². The number of carbonyl (C=O) groups excluding carboxylic acids is 1. The monoisotopic (exact) mass is 364 g/mol. The number of hydrogen-bond acceptors (Lipinski definition) is 2. The van der Waals surface area contributed by atoms with Crippen molar-refractivity contribution in [2.24, 2.45) is 0 Å². The minimum atomic E-state index is -0.772. The molecular weight excluding hydrogens is 355 g/mol. The molecule has 0 amide bonds. The van der Waals surface area contributed by atoms with Crippen LogP contribution in [0.25, 0.3) is 10.9 Å². The highest BCUT2D eigenvalue weighted by Gasteiger charge is 2.49. The Morgan fingerprint density at radius 2 is 1.70 bits per heavy atom. The van der Waals surface area contributed by atoms with Crippen LogP contribution in [0.1, 0.15) is 11.6 Å². The van der Waals surface area contributed by atoms with E-state index in [1.165, 1.54) is 0 Å². The Balaban J connectivity index is 1.86. The Labute approximate surface area is 147 Å². The number of ketones is 1. The van der Waals surface area contributed by atoms with Crippen LogP contribution in [0.2, 0.25) is 10.0 Å². The molecule has 116 valence electrons. The van der Waals surface area contributed by atoms with Crippen molar-refractivity contribution < 1.29 is 4.79 Å². The number of aromatic amines is 1. The molecule has 1 saturated heterocycles. The van der Waals surface area contributed by atoms with E-state index in [0.29, 0.717) is 15.7 Å². The van der Waals surface area contributed by atoms with Crippen LogP contribution < -0.4 is 4.90 Å². The molecule has 3 aromatic rings. The molecule has 0 unspecified atom stereocenters. The highest BCUT2D eigenvalue weighted by Crippen LogP contribution is 2.48. The smallest absolute Gasteiger partial charge is 0.197 e. The number of H-pyrrole nitrogens is 1. The van der Waals surface area contributed by atoms with E-state index >= 15 is 0 Å². The summed E-state index contributed by atoms with van der Waals surface area (Å²) in [5, 5.41) is 1.93. The largest absolute Gasteiger partial charge is 0.361 e. The number of para-hydroxylation sites is 2. The number of rotatable bonds is 2. The minimum Gasteiger partial charge on any atom is -0.361 e. The zero-order chi connectivity index (χ0) is 16.1. The highest BCUT2D eigenvalue weighted by atomic mass is 35.5. The van der Waals surface area contributed by atoms with Gasteiger partial charge >= 0.3 is 0 Å². The summed E-state index contributed by atoms with van der Waals surface area (Å²) in [4.78, 5) is 17.4. The molecule has 4 rings (SSSR count). The van der Waals surface area contributed by atoms with Gasteiger partial charge in [0.1, 0.15) is 6.04 Å². The van der Waals surface area contributed by atoms with E-state index in [0.717, 1.165) is 16.5 Å². The Morgan fingerprint density at radius 3 is 2.43 bits per heavy atom. The number of carbonyl (C=O) groups is 1. The lowest BCUT2D eigenvalue weighted by Crippen LogP contribution is -2.56. The van der Waals surface area contributed by atoms with E-state index in [-0.39, 0.29) is 5.78 Å². The molecule has 23 heavy (non-hydrogen) atoms. The van der Waals surface area contributed by atoms with Crippen LogP contribution in [-0.4, -0.2) is 16.3 Å². The summed E-state index contributed by atoms with van der Waals surface area (Å²) in [6.07, 6.45) is 1.84. The van der Waals surface area contributed by atoms with E-state index in [2.05, 4.69) is 4.98 Å². The molecule has 3 nitrogen and oxygen atoms in total. The maximum absolute atomic E-state index is 12.4. The number of fused-ring (bicyclic) bond motifs is 1. The Bertz CT molecular complexity index is 901. The average molecular weight is 366 g/mol. The Kier molecular flexibility index (Phi) is 3.52. The van der Waals surface area contributed by atoms with Gasteiger partial charge in [0, 0.05) is 22.7 Å². The molecule has 2 aromatic carbocycles. The molecule has 1 aromatic heterocycles. The molecule has 1 fully saturated rings. The van der Waals surface area contributed by atoms with Gasteiger partial charge in [0.15, 0.2) is 11.3 Å². The second kappa shape index (κ2) is 5.45. The Morgan fingerprint density at radius 1 is 1.00 bits per heavy atom. The summed E-state index contributed by atoms with van der Waals surface area (Å²) in [5.41, 5.74) is 1.66. The third kappa shape index (κ3) is 2.15. The van der Waals surface area contributed by atoms with Crippen molar-refractivity contribution in [2.45, 2.75) is 11.5 Å². The molecular formula is C17H11Cl3N2O. The summed E-state index contributed by atoms with van der Waals surface area (Å²) < 4.78 is 0. The van der Waals surface area contributed by atoms with Crippen molar-refractivity contribution in [3.8, 4) is 0 Å². The molecule has 1 aliphatic rings. The van der Waals surface area contributed by atoms with Crippen molar-refractivity contribution in [1.29, 1.82) is 0 Å². The summed E-state index contributed by atoms with van der Waals surface area (Å²) >= 11 is 18.8. The maximum Gasteiger partial charge on any atom is 0.197 e. The van der Waals surface area contributed by atoms with E-state index in [4.69, 9.17) is 34.8 Å². The van der Waals surface area contributed by atoms with Crippen molar-refractivity contribution >= 4 is 57.2 Å². The number of aromatic nitrogens is 1. The normalized spacial score (nSPS) is 20.8. The van der Waals surface area contributed by atoms with E-state index < -0.39 is 11.5 Å². The van der Waals surface area contributed by atoms with Crippen molar-refractivity contribution in [3.63, 3.8) is 0 Å². The Hall–Kier alpha value is -1.68. The SMILES string of the molecule is O=C1[C@@H](Cl)N(c2c(Cl)cccc2Cl)[C@@H]1c1c[nH]c2ccccc12. The molecule has 0 spiro atoms. The number of Topliss-reactive ketones (excluding diaryl/α,β-unsaturated/α-hetero) is 1. The highest BCUT2D eigenvalue weighted by molar-refractivity contribution is 6.42. The van der Waals surface area contributed by atoms with Crippen LogP contribution in [0.4, 0.5) is 5.69 Å². The quantitative estimate of drug-likeness (QED) is 0.502. The lowest BCUT2D eigenvalue weighted by molar-refractivity contribution is -0.124. The van der Waals surface area contributed by atoms with Gasteiger partial charge in [0.25, 0.3) is 0 Å². The second-order valence-corrected chi connectivity index (χ2v) is 6.64. The van der Waals surface area contributed by atoms with Gasteiger partial charge in [-0.15, -0.1) is 0 Å². The molecule has 1 aliphatic heterocycles. The number of alkyl halides is 1. The minimum absolute atomic E-state index is 0.0626. The molecule has 0 saturated carbocycles.